The lowest BCUT2D eigenvalue weighted by Gasteiger charge is -2.22. The number of hydrogen-bond donors (Lipinski definition) is 0. The summed E-state index contributed by atoms with van der Waals surface area (Å²) in [5, 5.41) is 0. The van der Waals surface area contributed by atoms with Crippen LogP contribution >= 0.6 is 0 Å². The Kier molecular flexibility index (Phi) is 4.61. The van der Waals surface area contributed by atoms with Gasteiger partial charge in [-0.15, -0.1) is 0 Å². The zero-order chi connectivity index (χ0) is 14.5. The molecule has 1 heterocycles. The standard InChI is InChI=1S/C15H19NO4/c1-11-5-7-12(8-6-11)20-10-14(17)16-9-3-4-13(16)15(18)19-2/h5-8,13H,3-4,9-10H2,1-2H3. The molecule has 1 aliphatic rings. The molecule has 0 bridgehead atoms. The Balaban J connectivity index is 1.91. The quantitative estimate of drug-likeness (QED) is 0.783. The second-order valence-corrected chi connectivity index (χ2v) is 4.87. The average Bonchev–Trinajstić information content (AvgIpc) is 2.95. The van der Waals surface area contributed by atoms with Gasteiger partial charge in [0, 0.05) is 6.54 Å². The Labute approximate surface area is 118 Å². The Morgan fingerprint density at radius 1 is 1.30 bits per heavy atom. The van der Waals surface area contributed by atoms with E-state index in [1.165, 1.54) is 7.11 Å². The smallest absolute Gasteiger partial charge is 0.328 e. The Bertz CT molecular complexity index is 483. The van der Waals surface area contributed by atoms with Crippen molar-refractivity contribution in [1.82, 2.24) is 4.90 Å². The van der Waals surface area contributed by atoms with E-state index in [4.69, 9.17) is 9.47 Å². The van der Waals surface area contributed by atoms with E-state index in [0.29, 0.717) is 18.7 Å². The van der Waals surface area contributed by atoms with E-state index in [2.05, 4.69) is 0 Å². The minimum absolute atomic E-state index is 0.0590. The van der Waals surface area contributed by atoms with Crippen molar-refractivity contribution >= 4 is 11.9 Å². The van der Waals surface area contributed by atoms with E-state index >= 15 is 0 Å². The third kappa shape index (κ3) is 3.29. The van der Waals surface area contributed by atoms with Crippen molar-refractivity contribution < 1.29 is 19.1 Å². The van der Waals surface area contributed by atoms with Crippen molar-refractivity contribution in [2.75, 3.05) is 20.3 Å². The number of nitrogens with zero attached hydrogens (tertiary/aromatic N) is 1. The van der Waals surface area contributed by atoms with Gasteiger partial charge in [0.1, 0.15) is 11.8 Å². The van der Waals surface area contributed by atoms with Crippen molar-refractivity contribution in [3.05, 3.63) is 29.8 Å². The lowest BCUT2D eigenvalue weighted by atomic mass is 10.2. The fraction of sp³-hybridized carbons (Fsp3) is 0.467. The van der Waals surface area contributed by atoms with E-state index < -0.39 is 6.04 Å². The molecule has 0 aromatic heterocycles. The first-order valence-electron chi connectivity index (χ1n) is 6.68. The van der Waals surface area contributed by atoms with E-state index in [9.17, 15) is 9.59 Å². The number of carbonyl (C=O) groups is 2. The zero-order valence-corrected chi connectivity index (χ0v) is 11.8. The number of rotatable bonds is 4. The molecule has 1 atom stereocenters. The van der Waals surface area contributed by atoms with Gasteiger partial charge in [0.25, 0.3) is 5.91 Å². The van der Waals surface area contributed by atoms with Crippen LogP contribution in [0, 0.1) is 6.92 Å². The molecule has 0 saturated carbocycles. The summed E-state index contributed by atoms with van der Waals surface area (Å²) >= 11 is 0. The van der Waals surface area contributed by atoms with E-state index in [1.54, 1.807) is 4.90 Å². The number of benzene rings is 1. The summed E-state index contributed by atoms with van der Waals surface area (Å²) < 4.78 is 10.2. The molecule has 1 fully saturated rings. The predicted molar refractivity (Wildman–Crippen MR) is 73.4 cm³/mol. The lowest BCUT2D eigenvalue weighted by molar-refractivity contribution is -0.151. The number of amides is 1. The highest BCUT2D eigenvalue weighted by Gasteiger charge is 2.34. The highest BCUT2D eigenvalue weighted by atomic mass is 16.5. The normalized spacial score (nSPS) is 17.9. The van der Waals surface area contributed by atoms with Crippen LogP contribution in [0.25, 0.3) is 0 Å². The predicted octanol–water partition coefficient (Wildman–Crippen LogP) is 1.54. The monoisotopic (exact) mass is 277 g/mol. The third-order valence-corrected chi connectivity index (χ3v) is 3.43. The molecule has 0 aliphatic carbocycles. The molecule has 1 aromatic carbocycles. The van der Waals surface area contributed by atoms with Crippen LogP contribution in [0.5, 0.6) is 5.75 Å². The molecule has 5 heteroatoms. The summed E-state index contributed by atoms with van der Waals surface area (Å²) in [6, 6.07) is 7.03. The topological polar surface area (TPSA) is 55.8 Å². The first-order chi connectivity index (χ1) is 9.61. The average molecular weight is 277 g/mol. The van der Waals surface area contributed by atoms with Crippen LogP contribution in [0.1, 0.15) is 18.4 Å². The highest BCUT2D eigenvalue weighted by molar-refractivity contribution is 5.85. The van der Waals surface area contributed by atoms with Gasteiger partial charge in [-0.3, -0.25) is 4.79 Å². The van der Waals surface area contributed by atoms with Crippen LogP contribution in [0.3, 0.4) is 0 Å². The molecule has 1 amide bonds. The van der Waals surface area contributed by atoms with Crippen molar-refractivity contribution in [3.63, 3.8) is 0 Å². The molecule has 0 N–H and O–H groups in total. The number of hydrogen-bond acceptors (Lipinski definition) is 4. The van der Waals surface area contributed by atoms with Gasteiger partial charge in [0.05, 0.1) is 7.11 Å². The molecule has 1 aromatic rings. The SMILES string of the molecule is COC(=O)C1CCCN1C(=O)COc1ccc(C)cc1. The van der Waals surface area contributed by atoms with Crippen molar-refractivity contribution in [2.24, 2.45) is 0 Å². The van der Waals surface area contributed by atoms with Gasteiger partial charge in [-0.2, -0.15) is 0 Å². The molecule has 108 valence electrons. The molecule has 2 rings (SSSR count). The molecule has 1 aliphatic heterocycles. The van der Waals surface area contributed by atoms with Crippen LogP contribution < -0.4 is 4.74 Å². The maximum absolute atomic E-state index is 12.1. The van der Waals surface area contributed by atoms with Gasteiger partial charge >= 0.3 is 5.97 Å². The van der Waals surface area contributed by atoms with Crippen molar-refractivity contribution in [2.45, 2.75) is 25.8 Å². The molecule has 5 nitrogen and oxygen atoms in total. The van der Waals surface area contributed by atoms with Gasteiger partial charge in [0.2, 0.25) is 0 Å². The molecule has 1 unspecified atom stereocenters. The summed E-state index contributed by atoms with van der Waals surface area (Å²) in [7, 11) is 1.34. The summed E-state index contributed by atoms with van der Waals surface area (Å²) in [6.45, 7) is 2.51. The Morgan fingerprint density at radius 3 is 2.65 bits per heavy atom. The second kappa shape index (κ2) is 6.41. The Morgan fingerprint density at radius 2 is 2.00 bits per heavy atom. The van der Waals surface area contributed by atoms with Gasteiger partial charge < -0.3 is 14.4 Å². The van der Waals surface area contributed by atoms with Crippen LogP contribution in [-0.4, -0.2) is 43.1 Å². The fourth-order valence-corrected chi connectivity index (χ4v) is 2.31. The first kappa shape index (κ1) is 14.4. The molecule has 1 saturated heterocycles. The first-order valence-corrected chi connectivity index (χ1v) is 6.68. The van der Waals surface area contributed by atoms with Crippen LogP contribution in [-0.2, 0) is 14.3 Å². The summed E-state index contributed by atoms with van der Waals surface area (Å²) in [4.78, 5) is 25.2. The number of ether oxygens (including phenoxy) is 2. The van der Waals surface area contributed by atoms with Gasteiger partial charge in [0.15, 0.2) is 6.61 Å². The summed E-state index contributed by atoms with van der Waals surface area (Å²) in [5.41, 5.74) is 1.13. The number of carbonyl (C=O) groups excluding carboxylic acids is 2. The fourth-order valence-electron chi connectivity index (χ4n) is 2.31. The van der Waals surface area contributed by atoms with Gasteiger partial charge in [-0.1, -0.05) is 17.7 Å². The van der Waals surface area contributed by atoms with Gasteiger partial charge in [-0.25, -0.2) is 4.79 Å². The summed E-state index contributed by atoms with van der Waals surface area (Å²) in [6.07, 6.45) is 1.47. The maximum atomic E-state index is 12.1. The molecular weight excluding hydrogens is 258 g/mol. The van der Waals surface area contributed by atoms with Crippen molar-refractivity contribution in [3.8, 4) is 5.75 Å². The van der Waals surface area contributed by atoms with E-state index in [0.717, 1.165) is 12.0 Å². The van der Waals surface area contributed by atoms with Crippen LogP contribution in [0.2, 0.25) is 0 Å². The van der Waals surface area contributed by atoms with Crippen molar-refractivity contribution in [1.29, 1.82) is 0 Å². The number of esters is 1. The lowest BCUT2D eigenvalue weighted by Crippen LogP contribution is -2.43. The van der Waals surface area contributed by atoms with E-state index in [1.807, 2.05) is 31.2 Å². The highest BCUT2D eigenvalue weighted by Crippen LogP contribution is 2.19. The zero-order valence-electron chi connectivity index (χ0n) is 11.8. The molecule has 0 radical (unpaired) electrons. The summed E-state index contributed by atoms with van der Waals surface area (Å²) in [5.74, 6) is 0.113. The number of likely N-dealkylation sites (tertiary alicyclic amines) is 1. The number of methoxy groups -OCH3 is 1. The maximum Gasteiger partial charge on any atom is 0.328 e. The minimum Gasteiger partial charge on any atom is -0.484 e. The largest absolute Gasteiger partial charge is 0.484 e. The second-order valence-electron chi connectivity index (χ2n) is 4.87. The Hall–Kier alpha value is -2.04. The molecule has 0 spiro atoms. The van der Waals surface area contributed by atoms with Crippen LogP contribution in [0.4, 0.5) is 0 Å². The third-order valence-electron chi connectivity index (χ3n) is 3.43. The molecule has 20 heavy (non-hydrogen) atoms. The molecular formula is C15H19NO4. The van der Waals surface area contributed by atoms with E-state index in [-0.39, 0.29) is 18.5 Å². The van der Waals surface area contributed by atoms with Gasteiger partial charge in [-0.05, 0) is 31.9 Å². The van der Waals surface area contributed by atoms with Crippen LogP contribution in [0.15, 0.2) is 24.3 Å². The minimum atomic E-state index is -0.464. The number of aryl methyl sites for hydroxylation is 1.